The minimum atomic E-state index is -0.385. The minimum absolute atomic E-state index is 0.189. The summed E-state index contributed by atoms with van der Waals surface area (Å²) in [5.74, 6) is 0.189. The molecule has 0 bridgehead atoms. The van der Waals surface area contributed by atoms with Crippen molar-refractivity contribution in [3.05, 3.63) is 34.9 Å². The molecule has 0 radical (unpaired) electrons. The van der Waals surface area contributed by atoms with E-state index in [2.05, 4.69) is 32.9 Å². The highest BCUT2D eigenvalue weighted by atomic mass is 16.5. The number of carbonyl (C=O) groups excluding carboxylic acids is 1. The average molecular weight is 248 g/mol. The second-order valence-corrected chi connectivity index (χ2v) is 4.81. The van der Waals surface area contributed by atoms with Crippen LogP contribution < -0.4 is 0 Å². The van der Waals surface area contributed by atoms with Gasteiger partial charge in [0.05, 0.1) is 0 Å². The van der Waals surface area contributed by atoms with Gasteiger partial charge in [-0.1, -0.05) is 32.0 Å². The van der Waals surface area contributed by atoms with Gasteiger partial charge in [0.25, 0.3) is 0 Å². The third kappa shape index (κ3) is 3.95. The van der Waals surface area contributed by atoms with Crippen molar-refractivity contribution in [3.63, 3.8) is 0 Å². The topological polar surface area (TPSA) is 26.3 Å². The SMILES string of the molecule is CCCOC(C(=O)CCC)c1ccc(C)c(C)c1. The van der Waals surface area contributed by atoms with Crippen LogP contribution in [0.2, 0.25) is 0 Å². The maximum atomic E-state index is 12.1. The smallest absolute Gasteiger partial charge is 0.166 e. The number of rotatable bonds is 7. The molecule has 1 aromatic rings. The lowest BCUT2D eigenvalue weighted by Gasteiger charge is -2.18. The zero-order chi connectivity index (χ0) is 13.5. The predicted molar refractivity (Wildman–Crippen MR) is 74.8 cm³/mol. The number of hydrogen-bond acceptors (Lipinski definition) is 2. The van der Waals surface area contributed by atoms with Crippen LogP contribution >= 0.6 is 0 Å². The largest absolute Gasteiger partial charge is 0.366 e. The van der Waals surface area contributed by atoms with Crippen LogP contribution in [-0.2, 0) is 9.53 Å². The fraction of sp³-hybridized carbons (Fsp3) is 0.562. The van der Waals surface area contributed by atoms with E-state index in [0.717, 1.165) is 18.4 Å². The molecule has 0 saturated carbocycles. The maximum Gasteiger partial charge on any atom is 0.166 e. The van der Waals surface area contributed by atoms with Gasteiger partial charge < -0.3 is 4.74 Å². The number of hydrogen-bond donors (Lipinski definition) is 0. The Morgan fingerprint density at radius 3 is 2.44 bits per heavy atom. The molecule has 0 aromatic heterocycles. The van der Waals surface area contributed by atoms with Crippen molar-refractivity contribution >= 4 is 5.78 Å². The highest BCUT2D eigenvalue weighted by Gasteiger charge is 2.20. The highest BCUT2D eigenvalue weighted by molar-refractivity contribution is 5.84. The van der Waals surface area contributed by atoms with E-state index in [1.165, 1.54) is 11.1 Å². The van der Waals surface area contributed by atoms with E-state index in [0.29, 0.717) is 13.0 Å². The van der Waals surface area contributed by atoms with Crippen LogP contribution in [0.5, 0.6) is 0 Å². The molecule has 0 N–H and O–H groups in total. The van der Waals surface area contributed by atoms with Crippen LogP contribution in [0, 0.1) is 13.8 Å². The molecule has 1 atom stereocenters. The van der Waals surface area contributed by atoms with Gasteiger partial charge in [-0.15, -0.1) is 0 Å². The molecular formula is C16H24O2. The summed E-state index contributed by atoms with van der Waals surface area (Å²) < 4.78 is 5.74. The molecule has 0 saturated heterocycles. The molecule has 100 valence electrons. The Morgan fingerprint density at radius 1 is 1.17 bits per heavy atom. The van der Waals surface area contributed by atoms with Crippen LogP contribution in [-0.4, -0.2) is 12.4 Å². The second-order valence-electron chi connectivity index (χ2n) is 4.81. The lowest BCUT2D eigenvalue weighted by molar-refractivity contribution is -0.131. The molecule has 0 amide bonds. The van der Waals surface area contributed by atoms with Crippen LogP contribution in [0.3, 0.4) is 0 Å². The van der Waals surface area contributed by atoms with Gasteiger partial charge in [0.2, 0.25) is 0 Å². The van der Waals surface area contributed by atoms with Crippen LogP contribution in [0.4, 0.5) is 0 Å². The molecule has 2 nitrogen and oxygen atoms in total. The Balaban J connectivity index is 2.93. The van der Waals surface area contributed by atoms with E-state index in [1.54, 1.807) is 0 Å². The van der Waals surface area contributed by atoms with E-state index in [-0.39, 0.29) is 11.9 Å². The molecule has 0 fully saturated rings. The van der Waals surface area contributed by atoms with Crippen molar-refractivity contribution in [2.24, 2.45) is 0 Å². The van der Waals surface area contributed by atoms with Crippen molar-refractivity contribution in [2.75, 3.05) is 6.61 Å². The number of Topliss-reactive ketones (excluding diaryl/α,β-unsaturated/α-hetero) is 1. The summed E-state index contributed by atoms with van der Waals surface area (Å²) in [5.41, 5.74) is 3.45. The molecule has 0 aliphatic rings. The zero-order valence-electron chi connectivity index (χ0n) is 12.0. The summed E-state index contributed by atoms with van der Waals surface area (Å²) in [5, 5.41) is 0. The van der Waals surface area contributed by atoms with Gasteiger partial charge >= 0.3 is 0 Å². The Morgan fingerprint density at radius 2 is 1.89 bits per heavy atom. The first-order chi connectivity index (χ1) is 8.60. The van der Waals surface area contributed by atoms with E-state index >= 15 is 0 Å². The molecule has 0 spiro atoms. The number of aryl methyl sites for hydroxylation is 2. The summed E-state index contributed by atoms with van der Waals surface area (Å²) in [7, 11) is 0. The summed E-state index contributed by atoms with van der Waals surface area (Å²) in [6.07, 6.45) is 2.00. The highest BCUT2D eigenvalue weighted by Crippen LogP contribution is 2.23. The van der Waals surface area contributed by atoms with Crippen LogP contribution in [0.1, 0.15) is 55.9 Å². The zero-order valence-corrected chi connectivity index (χ0v) is 12.0. The van der Waals surface area contributed by atoms with Gasteiger partial charge in [0, 0.05) is 13.0 Å². The van der Waals surface area contributed by atoms with Gasteiger partial charge in [0.15, 0.2) is 5.78 Å². The number of carbonyl (C=O) groups is 1. The number of benzene rings is 1. The van der Waals surface area contributed by atoms with E-state index in [9.17, 15) is 4.79 Å². The standard InChI is InChI=1S/C16H24O2/c1-5-7-15(17)16(18-10-6-2)14-9-8-12(3)13(4)11-14/h8-9,11,16H,5-7,10H2,1-4H3. The molecule has 0 aliphatic carbocycles. The fourth-order valence-corrected chi connectivity index (χ4v) is 1.92. The third-order valence-corrected chi connectivity index (χ3v) is 3.11. The third-order valence-electron chi connectivity index (χ3n) is 3.11. The molecule has 0 aliphatic heterocycles. The van der Waals surface area contributed by atoms with Crippen molar-refractivity contribution in [2.45, 2.75) is 53.1 Å². The number of ether oxygens (including phenoxy) is 1. The monoisotopic (exact) mass is 248 g/mol. The molecular weight excluding hydrogens is 224 g/mol. The number of ketones is 1. The summed E-state index contributed by atoms with van der Waals surface area (Å²) in [6, 6.07) is 6.14. The Bertz CT molecular complexity index is 396. The van der Waals surface area contributed by atoms with Crippen molar-refractivity contribution in [1.82, 2.24) is 0 Å². The van der Waals surface area contributed by atoms with E-state index in [1.807, 2.05) is 13.0 Å². The summed E-state index contributed by atoms with van der Waals surface area (Å²) in [4.78, 5) is 12.1. The fourth-order valence-electron chi connectivity index (χ4n) is 1.92. The molecule has 18 heavy (non-hydrogen) atoms. The molecule has 0 heterocycles. The summed E-state index contributed by atoms with van der Waals surface area (Å²) in [6.45, 7) is 8.86. The van der Waals surface area contributed by atoms with E-state index in [4.69, 9.17) is 4.74 Å². The first-order valence-electron chi connectivity index (χ1n) is 6.81. The average Bonchev–Trinajstić information content (AvgIpc) is 2.34. The Hall–Kier alpha value is -1.15. The molecule has 1 aromatic carbocycles. The normalized spacial score (nSPS) is 12.4. The van der Waals surface area contributed by atoms with Crippen LogP contribution in [0.15, 0.2) is 18.2 Å². The first-order valence-corrected chi connectivity index (χ1v) is 6.81. The van der Waals surface area contributed by atoms with Gasteiger partial charge in [-0.25, -0.2) is 0 Å². The second kappa shape index (κ2) is 7.32. The maximum absolute atomic E-state index is 12.1. The summed E-state index contributed by atoms with van der Waals surface area (Å²) >= 11 is 0. The Kier molecular flexibility index (Phi) is 6.06. The lowest BCUT2D eigenvalue weighted by Crippen LogP contribution is -2.16. The van der Waals surface area contributed by atoms with E-state index < -0.39 is 0 Å². The molecule has 2 heteroatoms. The molecule has 1 rings (SSSR count). The van der Waals surface area contributed by atoms with Gasteiger partial charge in [-0.05, 0) is 43.4 Å². The van der Waals surface area contributed by atoms with Crippen molar-refractivity contribution < 1.29 is 9.53 Å². The minimum Gasteiger partial charge on any atom is -0.366 e. The molecule has 1 unspecified atom stereocenters. The first kappa shape index (κ1) is 14.9. The lowest BCUT2D eigenvalue weighted by atomic mass is 9.98. The van der Waals surface area contributed by atoms with Crippen LogP contribution in [0.25, 0.3) is 0 Å². The van der Waals surface area contributed by atoms with Gasteiger partial charge in [-0.3, -0.25) is 4.79 Å². The van der Waals surface area contributed by atoms with Gasteiger partial charge in [0.1, 0.15) is 6.10 Å². The van der Waals surface area contributed by atoms with Gasteiger partial charge in [-0.2, -0.15) is 0 Å². The van der Waals surface area contributed by atoms with Crippen molar-refractivity contribution in [3.8, 4) is 0 Å². The quantitative estimate of drug-likeness (QED) is 0.725. The van der Waals surface area contributed by atoms with Crippen molar-refractivity contribution in [1.29, 1.82) is 0 Å². The Labute approximate surface area is 110 Å². The predicted octanol–water partition coefficient (Wildman–Crippen LogP) is 4.14.